The molecule has 5 heteroatoms. The first kappa shape index (κ1) is 15.5. The van der Waals surface area contributed by atoms with Gasteiger partial charge >= 0.3 is 5.97 Å². The highest BCUT2D eigenvalue weighted by Crippen LogP contribution is 2.25. The molecule has 0 radical (unpaired) electrons. The molecule has 0 saturated heterocycles. The van der Waals surface area contributed by atoms with Gasteiger partial charge in [-0.25, -0.2) is 9.78 Å². The SMILES string of the molecule is CCOC(=O)C(CC)n1c(CN(C)C)nc2ccccc21. The fourth-order valence-electron chi connectivity index (χ4n) is 2.53. The summed E-state index contributed by atoms with van der Waals surface area (Å²) in [5.41, 5.74) is 1.89. The van der Waals surface area contributed by atoms with Crippen molar-refractivity contribution in [3.63, 3.8) is 0 Å². The summed E-state index contributed by atoms with van der Waals surface area (Å²) in [5.74, 6) is 0.698. The van der Waals surface area contributed by atoms with E-state index in [-0.39, 0.29) is 12.0 Å². The van der Waals surface area contributed by atoms with Crippen molar-refractivity contribution in [3.8, 4) is 0 Å². The molecule has 2 aromatic rings. The molecule has 114 valence electrons. The zero-order valence-electron chi connectivity index (χ0n) is 13.2. The second kappa shape index (κ2) is 6.72. The average Bonchev–Trinajstić information content (AvgIpc) is 2.78. The summed E-state index contributed by atoms with van der Waals surface area (Å²) in [6.07, 6.45) is 0.680. The van der Waals surface area contributed by atoms with E-state index in [9.17, 15) is 4.79 Å². The molecule has 1 heterocycles. The number of carbonyl (C=O) groups excluding carboxylic acids is 1. The molecular weight excluding hydrogens is 266 g/mol. The first-order chi connectivity index (χ1) is 10.1. The molecule has 0 saturated carbocycles. The highest BCUT2D eigenvalue weighted by Gasteiger charge is 2.25. The zero-order chi connectivity index (χ0) is 15.4. The van der Waals surface area contributed by atoms with Gasteiger partial charge < -0.3 is 14.2 Å². The Labute approximate surface area is 125 Å². The molecule has 0 N–H and O–H groups in total. The van der Waals surface area contributed by atoms with Gasteiger partial charge in [0.15, 0.2) is 0 Å². The zero-order valence-corrected chi connectivity index (χ0v) is 13.2. The molecule has 21 heavy (non-hydrogen) atoms. The molecular formula is C16H23N3O2. The summed E-state index contributed by atoms with van der Waals surface area (Å²) in [6, 6.07) is 7.58. The lowest BCUT2D eigenvalue weighted by atomic mass is 10.2. The Kier molecular flexibility index (Phi) is 4.96. The number of esters is 1. The molecule has 0 amide bonds. The van der Waals surface area contributed by atoms with E-state index in [0.29, 0.717) is 19.6 Å². The Balaban J connectivity index is 2.54. The topological polar surface area (TPSA) is 47.4 Å². The minimum atomic E-state index is -0.327. The Morgan fingerprint density at radius 3 is 2.67 bits per heavy atom. The number of hydrogen-bond acceptors (Lipinski definition) is 4. The number of hydrogen-bond donors (Lipinski definition) is 0. The van der Waals surface area contributed by atoms with E-state index >= 15 is 0 Å². The van der Waals surface area contributed by atoms with Crippen LogP contribution in [-0.2, 0) is 16.1 Å². The first-order valence-electron chi connectivity index (χ1n) is 7.35. The van der Waals surface area contributed by atoms with E-state index in [1.807, 2.05) is 56.8 Å². The number of carbonyl (C=O) groups is 1. The van der Waals surface area contributed by atoms with Crippen LogP contribution in [0, 0.1) is 0 Å². The molecule has 0 fully saturated rings. The standard InChI is InChI=1S/C16H23N3O2/c1-5-13(16(20)21-6-2)19-14-10-8-7-9-12(14)17-15(19)11-18(3)4/h7-10,13H,5-6,11H2,1-4H3. The molecule has 0 aliphatic carbocycles. The second-order valence-electron chi connectivity index (χ2n) is 5.30. The number of para-hydroxylation sites is 2. The molecule has 1 aromatic carbocycles. The molecule has 0 bridgehead atoms. The Bertz CT molecular complexity index is 619. The summed E-state index contributed by atoms with van der Waals surface area (Å²) < 4.78 is 7.25. The fourth-order valence-corrected chi connectivity index (χ4v) is 2.53. The molecule has 5 nitrogen and oxygen atoms in total. The summed E-state index contributed by atoms with van der Waals surface area (Å²) in [7, 11) is 3.99. The Morgan fingerprint density at radius 1 is 1.33 bits per heavy atom. The minimum Gasteiger partial charge on any atom is -0.464 e. The summed E-state index contributed by atoms with van der Waals surface area (Å²) in [4.78, 5) is 19.0. The van der Waals surface area contributed by atoms with E-state index in [2.05, 4.69) is 9.88 Å². The molecule has 1 atom stereocenters. The van der Waals surface area contributed by atoms with Crippen LogP contribution in [0.2, 0.25) is 0 Å². The maximum Gasteiger partial charge on any atom is 0.329 e. The van der Waals surface area contributed by atoms with Gasteiger partial charge in [-0.15, -0.1) is 0 Å². The molecule has 0 aliphatic heterocycles. The number of imidazole rings is 1. The smallest absolute Gasteiger partial charge is 0.329 e. The lowest BCUT2D eigenvalue weighted by Crippen LogP contribution is -2.25. The van der Waals surface area contributed by atoms with Crippen molar-refractivity contribution < 1.29 is 9.53 Å². The normalized spacial score (nSPS) is 12.8. The van der Waals surface area contributed by atoms with E-state index in [0.717, 1.165) is 16.9 Å². The van der Waals surface area contributed by atoms with Crippen LogP contribution in [-0.4, -0.2) is 41.1 Å². The van der Waals surface area contributed by atoms with Crippen LogP contribution in [0.25, 0.3) is 11.0 Å². The lowest BCUT2D eigenvalue weighted by molar-refractivity contribution is -0.147. The van der Waals surface area contributed by atoms with Crippen molar-refractivity contribution in [2.75, 3.05) is 20.7 Å². The van der Waals surface area contributed by atoms with Crippen LogP contribution in [0.5, 0.6) is 0 Å². The highest BCUT2D eigenvalue weighted by atomic mass is 16.5. The number of nitrogens with zero attached hydrogens (tertiary/aromatic N) is 3. The van der Waals surface area contributed by atoms with Crippen molar-refractivity contribution in [1.29, 1.82) is 0 Å². The number of fused-ring (bicyclic) bond motifs is 1. The van der Waals surface area contributed by atoms with Gasteiger partial charge in [0.25, 0.3) is 0 Å². The van der Waals surface area contributed by atoms with Crippen LogP contribution in [0.3, 0.4) is 0 Å². The largest absolute Gasteiger partial charge is 0.464 e. The summed E-state index contributed by atoms with van der Waals surface area (Å²) in [6.45, 7) is 4.91. The molecule has 1 aromatic heterocycles. The van der Waals surface area contributed by atoms with Crippen molar-refractivity contribution >= 4 is 17.0 Å². The number of rotatable bonds is 6. The van der Waals surface area contributed by atoms with Crippen molar-refractivity contribution in [1.82, 2.24) is 14.5 Å². The van der Waals surface area contributed by atoms with E-state index in [1.165, 1.54) is 0 Å². The number of benzene rings is 1. The van der Waals surface area contributed by atoms with Gasteiger partial charge in [-0.05, 0) is 39.6 Å². The summed E-state index contributed by atoms with van der Waals surface area (Å²) >= 11 is 0. The van der Waals surface area contributed by atoms with Crippen LogP contribution in [0.4, 0.5) is 0 Å². The monoisotopic (exact) mass is 289 g/mol. The molecule has 1 unspecified atom stereocenters. The minimum absolute atomic E-state index is 0.192. The quantitative estimate of drug-likeness (QED) is 0.767. The molecule has 0 spiro atoms. The number of aromatic nitrogens is 2. The molecule has 2 rings (SSSR count). The third kappa shape index (κ3) is 3.24. The van der Waals surface area contributed by atoms with E-state index in [1.54, 1.807) is 0 Å². The van der Waals surface area contributed by atoms with Crippen molar-refractivity contribution in [2.24, 2.45) is 0 Å². The van der Waals surface area contributed by atoms with E-state index in [4.69, 9.17) is 4.74 Å². The van der Waals surface area contributed by atoms with Gasteiger partial charge in [-0.1, -0.05) is 19.1 Å². The summed E-state index contributed by atoms with van der Waals surface area (Å²) in [5, 5.41) is 0. The van der Waals surface area contributed by atoms with Crippen LogP contribution >= 0.6 is 0 Å². The van der Waals surface area contributed by atoms with Gasteiger partial charge in [-0.3, -0.25) is 0 Å². The third-order valence-electron chi connectivity index (χ3n) is 3.38. The average molecular weight is 289 g/mol. The maximum atomic E-state index is 12.3. The predicted molar refractivity (Wildman–Crippen MR) is 83.1 cm³/mol. The second-order valence-corrected chi connectivity index (χ2v) is 5.30. The van der Waals surface area contributed by atoms with Crippen LogP contribution < -0.4 is 0 Å². The van der Waals surface area contributed by atoms with Gasteiger partial charge in [0, 0.05) is 0 Å². The Hall–Kier alpha value is -1.88. The van der Waals surface area contributed by atoms with Crippen LogP contribution in [0.15, 0.2) is 24.3 Å². The Morgan fingerprint density at radius 2 is 2.05 bits per heavy atom. The van der Waals surface area contributed by atoms with Gasteiger partial charge in [-0.2, -0.15) is 0 Å². The van der Waals surface area contributed by atoms with Crippen molar-refractivity contribution in [3.05, 3.63) is 30.1 Å². The maximum absolute atomic E-state index is 12.3. The number of ether oxygens (including phenoxy) is 1. The van der Waals surface area contributed by atoms with Gasteiger partial charge in [0.2, 0.25) is 0 Å². The first-order valence-corrected chi connectivity index (χ1v) is 7.35. The van der Waals surface area contributed by atoms with E-state index < -0.39 is 0 Å². The predicted octanol–water partition coefficient (Wildman–Crippen LogP) is 2.61. The third-order valence-corrected chi connectivity index (χ3v) is 3.38. The lowest BCUT2D eigenvalue weighted by Gasteiger charge is -2.20. The van der Waals surface area contributed by atoms with Crippen LogP contribution in [0.1, 0.15) is 32.1 Å². The van der Waals surface area contributed by atoms with Crippen molar-refractivity contribution in [2.45, 2.75) is 32.9 Å². The molecule has 0 aliphatic rings. The van der Waals surface area contributed by atoms with Gasteiger partial charge in [0.05, 0.1) is 24.2 Å². The highest BCUT2D eigenvalue weighted by molar-refractivity contribution is 5.81. The van der Waals surface area contributed by atoms with Gasteiger partial charge in [0.1, 0.15) is 11.9 Å². The fraction of sp³-hybridized carbons (Fsp3) is 0.500.